The molecule has 2 aliphatic heterocycles. The molecule has 0 unspecified atom stereocenters. The number of piperidine rings is 1. The summed E-state index contributed by atoms with van der Waals surface area (Å²) in [5.74, 6) is 1.07. The van der Waals surface area contributed by atoms with Gasteiger partial charge in [0.15, 0.2) is 0 Å². The van der Waals surface area contributed by atoms with Crippen LogP contribution in [0.4, 0.5) is 0 Å². The molecule has 0 atom stereocenters. The number of rotatable bonds is 3. The van der Waals surface area contributed by atoms with E-state index < -0.39 is 0 Å². The lowest BCUT2D eigenvalue weighted by Crippen LogP contribution is -2.50. The Morgan fingerprint density at radius 2 is 1.70 bits per heavy atom. The highest BCUT2D eigenvalue weighted by atomic mass is 35.5. The number of benzene rings is 1. The molecule has 1 aromatic carbocycles. The number of piperazine rings is 1. The Bertz CT molecular complexity index is 495. The summed E-state index contributed by atoms with van der Waals surface area (Å²) in [5, 5.41) is 12.7. The topological polar surface area (TPSA) is 55.8 Å². The summed E-state index contributed by atoms with van der Waals surface area (Å²) in [4.78, 5) is 16.8. The van der Waals surface area contributed by atoms with Gasteiger partial charge < -0.3 is 15.3 Å². The van der Waals surface area contributed by atoms with Crippen LogP contribution in [0.1, 0.15) is 23.2 Å². The van der Waals surface area contributed by atoms with Gasteiger partial charge in [-0.15, -0.1) is 12.4 Å². The summed E-state index contributed by atoms with van der Waals surface area (Å²) in [6.45, 7) is 6.98. The summed E-state index contributed by atoms with van der Waals surface area (Å²) in [6.07, 6.45) is 2.54. The highest BCUT2D eigenvalue weighted by Crippen LogP contribution is 2.16. The highest BCUT2D eigenvalue weighted by Gasteiger charge is 2.24. The molecule has 0 spiro atoms. The standard InChI is InChI=1S/C17H25N3O2.ClH/c21-16-3-1-15(2-4-16)17(22)20-11-9-19(10-12-20)13-14-5-7-18-8-6-14;/h1-4,14,18,21H,5-13H2;1H. The van der Waals surface area contributed by atoms with Crippen LogP contribution in [0.15, 0.2) is 24.3 Å². The van der Waals surface area contributed by atoms with Crippen molar-refractivity contribution in [1.82, 2.24) is 15.1 Å². The van der Waals surface area contributed by atoms with E-state index in [2.05, 4.69) is 10.2 Å². The Morgan fingerprint density at radius 1 is 1.09 bits per heavy atom. The predicted octanol–water partition coefficient (Wildman–Crippen LogP) is 1.57. The van der Waals surface area contributed by atoms with E-state index in [-0.39, 0.29) is 24.1 Å². The van der Waals surface area contributed by atoms with Gasteiger partial charge in [0.2, 0.25) is 0 Å². The van der Waals surface area contributed by atoms with Crippen molar-refractivity contribution in [2.75, 3.05) is 45.8 Å². The third-order valence-electron chi connectivity index (χ3n) is 4.75. The third kappa shape index (κ3) is 4.83. The van der Waals surface area contributed by atoms with Crippen molar-refractivity contribution in [1.29, 1.82) is 0 Å². The maximum Gasteiger partial charge on any atom is 0.253 e. The molecule has 6 heteroatoms. The lowest BCUT2D eigenvalue weighted by atomic mass is 9.97. The highest BCUT2D eigenvalue weighted by molar-refractivity contribution is 5.94. The molecule has 0 bridgehead atoms. The molecule has 0 saturated carbocycles. The van der Waals surface area contributed by atoms with Crippen LogP contribution >= 0.6 is 12.4 Å². The van der Waals surface area contributed by atoms with E-state index in [1.54, 1.807) is 24.3 Å². The number of nitrogens with one attached hydrogen (secondary N) is 1. The van der Waals surface area contributed by atoms with Crippen LogP contribution in [0.5, 0.6) is 5.75 Å². The number of hydrogen-bond acceptors (Lipinski definition) is 4. The Balaban J connectivity index is 0.00000192. The molecule has 2 heterocycles. The molecular weight excluding hydrogens is 314 g/mol. The van der Waals surface area contributed by atoms with Gasteiger partial charge in [0.05, 0.1) is 0 Å². The normalized spacial score (nSPS) is 20.1. The van der Waals surface area contributed by atoms with Crippen molar-refractivity contribution >= 4 is 18.3 Å². The lowest BCUT2D eigenvalue weighted by Gasteiger charge is -2.37. The molecular formula is C17H26ClN3O2. The van der Waals surface area contributed by atoms with E-state index in [4.69, 9.17) is 0 Å². The Hall–Kier alpha value is -1.30. The smallest absolute Gasteiger partial charge is 0.253 e. The molecule has 128 valence electrons. The number of carbonyl (C=O) groups excluding carboxylic acids is 1. The average molecular weight is 340 g/mol. The minimum atomic E-state index is 0. The fourth-order valence-electron chi connectivity index (χ4n) is 3.35. The van der Waals surface area contributed by atoms with E-state index in [0.29, 0.717) is 5.56 Å². The summed E-state index contributed by atoms with van der Waals surface area (Å²) < 4.78 is 0. The van der Waals surface area contributed by atoms with E-state index in [1.165, 1.54) is 19.4 Å². The number of amides is 1. The monoisotopic (exact) mass is 339 g/mol. The van der Waals surface area contributed by atoms with Crippen molar-refractivity contribution in [3.05, 3.63) is 29.8 Å². The molecule has 0 radical (unpaired) electrons. The van der Waals surface area contributed by atoms with Crippen molar-refractivity contribution in [2.24, 2.45) is 5.92 Å². The first-order valence-corrected chi connectivity index (χ1v) is 8.24. The second kappa shape index (κ2) is 8.52. The maximum atomic E-state index is 12.4. The van der Waals surface area contributed by atoms with E-state index in [0.717, 1.165) is 45.2 Å². The minimum absolute atomic E-state index is 0. The lowest BCUT2D eigenvalue weighted by molar-refractivity contribution is 0.0608. The van der Waals surface area contributed by atoms with Crippen LogP contribution in [0.3, 0.4) is 0 Å². The zero-order valence-electron chi connectivity index (χ0n) is 13.4. The van der Waals surface area contributed by atoms with Crippen molar-refractivity contribution < 1.29 is 9.90 Å². The second-order valence-electron chi connectivity index (χ2n) is 6.33. The van der Waals surface area contributed by atoms with Gasteiger partial charge in [-0.1, -0.05) is 0 Å². The Kier molecular flexibility index (Phi) is 6.69. The van der Waals surface area contributed by atoms with Crippen molar-refractivity contribution in [3.8, 4) is 5.75 Å². The van der Waals surface area contributed by atoms with Gasteiger partial charge in [-0.3, -0.25) is 9.69 Å². The van der Waals surface area contributed by atoms with Crippen LogP contribution in [-0.2, 0) is 0 Å². The Morgan fingerprint density at radius 3 is 2.30 bits per heavy atom. The number of halogens is 1. The van der Waals surface area contributed by atoms with Crippen LogP contribution in [-0.4, -0.2) is 66.6 Å². The molecule has 3 rings (SSSR count). The van der Waals surface area contributed by atoms with Crippen molar-refractivity contribution in [3.63, 3.8) is 0 Å². The molecule has 5 nitrogen and oxygen atoms in total. The Labute approximate surface area is 144 Å². The fourth-order valence-corrected chi connectivity index (χ4v) is 3.35. The number of carbonyl (C=O) groups is 1. The van der Waals surface area contributed by atoms with Crippen LogP contribution < -0.4 is 5.32 Å². The summed E-state index contributed by atoms with van der Waals surface area (Å²) in [7, 11) is 0. The SMILES string of the molecule is Cl.O=C(c1ccc(O)cc1)N1CCN(CC2CCNCC2)CC1. The molecule has 2 aliphatic rings. The summed E-state index contributed by atoms with van der Waals surface area (Å²) in [6, 6.07) is 6.53. The van der Waals surface area contributed by atoms with Gasteiger partial charge in [0.25, 0.3) is 5.91 Å². The average Bonchev–Trinajstić information content (AvgIpc) is 2.57. The largest absolute Gasteiger partial charge is 0.508 e. The first-order valence-electron chi connectivity index (χ1n) is 8.24. The van der Waals surface area contributed by atoms with Crippen LogP contribution in [0.2, 0.25) is 0 Å². The van der Waals surface area contributed by atoms with Gasteiger partial charge >= 0.3 is 0 Å². The van der Waals surface area contributed by atoms with Gasteiger partial charge in [-0.05, 0) is 56.1 Å². The number of phenols is 1. The first-order chi connectivity index (χ1) is 10.7. The summed E-state index contributed by atoms with van der Waals surface area (Å²) >= 11 is 0. The second-order valence-corrected chi connectivity index (χ2v) is 6.33. The maximum absolute atomic E-state index is 12.4. The van der Waals surface area contributed by atoms with Gasteiger partial charge in [-0.25, -0.2) is 0 Å². The van der Waals surface area contributed by atoms with E-state index >= 15 is 0 Å². The molecule has 2 saturated heterocycles. The molecule has 1 amide bonds. The number of hydrogen-bond donors (Lipinski definition) is 2. The fraction of sp³-hybridized carbons (Fsp3) is 0.588. The van der Waals surface area contributed by atoms with E-state index in [9.17, 15) is 9.90 Å². The molecule has 0 aliphatic carbocycles. The minimum Gasteiger partial charge on any atom is -0.508 e. The van der Waals surface area contributed by atoms with Gasteiger partial charge in [0.1, 0.15) is 5.75 Å². The van der Waals surface area contributed by atoms with E-state index in [1.807, 2.05) is 4.90 Å². The quantitative estimate of drug-likeness (QED) is 0.877. The third-order valence-corrected chi connectivity index (χ3v) is 4.75. The van der Waals surface area contributed by atoms with Gasteiger partial charge in [0, 0.05) is 38.3 Å². The molecule has 1 aromatic rings. The number of phenolic OH excluding ortho intramolecular Hbond substituents is 1. The van der Waals surface area contributed by atoms with Crippen LogP contribution in [0, 0.1) is 5.92 Å². The van der Waals surface area contributed by atoms with Gasteiger partial charge in [-0.2, -0.15) is 0 Å². The zero-order chi connectivity index (χ0) is 15.4. The zero-order valence-corrected chi connectivity index (χ0v) is 14.2. The first kappa shape index (κ1) is 18.0. The van der Waals surface area contributed by atoms with Crippen LogP contribution in [0.25, 0.3) is 0 Å². The summed E-state index contributed by atoms with van der Waals surface area (Å²) in [5.41, 5.74) is 0.657. The molecule has 23 heavy (non-hydrogen) atoms. The number of nitrogens with zero attached hydrogens (tertiary/aromatic N) is 2. The number of aromatic hydroxyl groups is 1. The van der Waals surface area contributed by atoms with Crippen molar-refractivity contribution in [2.45, 2.75) is 12.8 Å². The molecule has 2 N–H and O–H groups in total. The molecule has 0 aromatic heterocycles. The predicted molar refractivity (Wildman–Crippen MR) is 93.3 cm³/mol. The molecule has 2 fully saturated rings.